The molecule has 0 aliphatic heterocycles. The van der Waals surface area contributed by atoms with Crippen LogP contribution in [0.5, 0.6) is 11.5 Å². The Kier molecular flexibility index (Phi) is 7.94. The number of nitrogens with one attached hydrogen (secondary N) is 2. The molecule has 2 N–H and O–H groups in total. The summed E-state index contributed by atoms with van der Waals surface area (Å²) in [7, 11) is 3.73. The van der Waals surface area contributed by atoms with Gasteiger partial charge in [-0.3, -0.25) is 9.79 Å². The van der Waals surface area contributed by atoms with Gasteiger partial charge in [0.1, 0.15) is 18.1 Å². The number of carbonyl (C=O) groups is 1. The average Bonchev–Trinajstić information content (AvgIpc) is 3.58. The number of para-hydroxylation sites is 1. The first kappa shape index (κ1) is 21.5. The van der Waals surface area contributed by atoms with Crippen molar-refractivity contribution in [3.63, 3.8) is 0 Å². The molecule has 1 amide bonds. The van der Waals surface area contributed by atoms with Crippen LogP contribution in [0, 0.1) is 0 Å². The standard InChI is InChI=1S/C23H30N4O3/c1-24-23(27(2)13-14-29-20-8-4-3-5-9-20)25-16-18-7-6-10-21(15-18)30-17-22(28)26-19-11-12-19/h3-10,15,19H,11-14,16-17H2,1-2H3,(H,24,25)(H,26,28). The molecular weight excluding hydrogens is 380 g/mol. The van der Waals surface area contributed by atoms with E-state index in [1.54, 1.807) is 7.05 Å². The van der Waals surface area contributed by atoms with Crippen LogP contribution in [0.3, 0.4) is 0 Å². The van der Waals surface area contributed by atoms with Gasteiger partial charge in [-0.15, -0.1) is 0 Å². The van der Waals surface area contributed by atoms with Crippen molar-refractivity contribution in [3.05, 3.63) is 60.2 Å². The Morgan fingerprint density at radius 3 is 2.60 bits per heavy atom. The van der Waals surface area contributed by atoms with Crippen molar-refractivity contribution in [1.29, 1.82) is 0 Å². The molecule has 2 aromatic carbocycles. The summed E-state index contributed by atoms with van der Waals surface area (Å²) in [4.78, 5) is 18.1. The highest BCUT2D eigenvalue weighted by Crippen LogP contribution is 2.18. The summed E-state index contributed by atoms with van der Waals surface area (Å²) in [6, 6.07) is 17.8. The largest absolute Gasteiger partial charge is 0.492 e. The van der Waals surface area contributed by atoms with Crippen molar-refractivity contribution in [2.75, 3.05) is 33.9 Å². The minimum Gasteiger partial charge on any atom is -0.492 e. The van der Waals surface area contributed by atoms with Gasteiger partial charge in [0, 0.05) is 26.7 Å². The molecule has 1 fully saturated rings. The van der Waals surface area contributed by atoms with E-state index in [0.717, 1.165) is 30.1 Å². The van der Waals surface area contributed by atoms with Crippen molar-refractivity contribution in [3.8, 4) is 11.5 Å². The average molecular weight is 411 g/mol. The Morgan fingerprint density at radius 2 is 1.87 bits per heavy atom. The van der Waals surface area contributed by atoms with Crippen LogP contribution in [-0.2, 0) is 11.3 Å². The monoisotopic (exact) mass is 410 g/mol. The zero-order valence-corrected chi connectivity index (χ0v) is 17.6. The lowest BCUT2D eigenvalue weighted by Crippen LogP contribution is -2.40. The van der Waals surface area contributed by atoms with Gasteiger partial charge in [0.15, 0.2) is 12.6 Å². The molecule has 0 unspecified atom stereocenters. The number of carbonyl (C=O) groups excluding carboxylic acids is 1. The molecule has 0 atom stereocenters. The molecule has 7 nitrogen and oxygen atoms in total. The van der Waals surface area contributed by atoms with Gasteiger partial charge in [0.2, 0.25) is 0 Å². The van der Waals surface area contributed by atoms with Gasteiger partial charge in [0.05, 0.1) is 6.54 Å². The molecule has 0 heterocycles. The van der Waals surface area contributed by atoms with Gasteiger partial charge in [-0.05, 0) is 42.7 Å². The zero-order valence-electron chi connectivity index (χ0n) is 17.6. The first-order valence-corrected chi connectivity index (χ1v) is 10.2. The van der Waals surface area contributed by atoms with E-state index in [1.165, 1.54) is 0 Å². The van der Waals surface area contributed by atoms with E-state index in [0.29, 0.717) is 31.5 Å². The van der Waals surface area contributed by atoms with E-state index < -0.39 is 0 Å². The van der Waals surface area contributed by atoms with Crippen molar-refractivity contribution >= 4 is 11.9 Å². The molecule has 1 aliphatic carbocycles. The Morgan fingerprint density at radius 1 is 1.10 bits per heavy atom. The van der Waals surface area contributed by atoms with E-state index in [4.69, 9.17) is 9.47 Å². The van der Waals surface area contributed by atoms with Crippen molar-refractivity contribution in [1.82, 2.24) is 15.5 Å². The van der Waals surface area contributed by atoms with Gasteiger partial charge >= 0.3 is 0 Å². The fourth-order valence-electron chi connectivity index (χ4n) is 2.88. The second-order valence-electron chi connectivity index (χ2n) is 7.26. The summed E-state index contributed by atoms with van der Waals surface area (Å²) in [6.45, 7) is 1.91. The maximum Gasteiger partial charge on any atom is 0.258 e. The van der Waals surface area contributed by atoms with E-state index >= 15 is 0 Å². The van der Waals surface area contributed by atoms with Crippen LogP contribution in [0.2, 0.25) is 0 Å². The van der Waals surface area contributed by atoms with E-state index in [9.17, 15) is 4.79 Å². The number of benzene rings is 2. The lowest BCUT2D eigenvalue weighted by atomic mass is 10.2. The number of nitrogens with zero attached hydrogens (tertiary/aromatic N) is 2. The van der Waals surface area contributed by atoms with Gasteiger partial charge in [-0.2, -0.15) is 0 Å². The molecule has 30 heavy (non-hydrogen) atoms. The van der Waals surface area contributed by atoms with Crippen LogP contribution in [0.15, 0.2) is 59.6 Å². The first-order valence-electron chi connectivity index (χ1n) is 10.2. The van der Waals surface area contributed by atoms with Crippen LogP contribution in [0.4, 0.5) is 0 Å². The summed E-state index contributed by atoms with van der Waals surface area (Å²) in [6.07, 6.45) is 2.14. The minimum atomic E-state index is -0.0687. The van der Waals surface area contributed by atoms with Gasteiger partial charge < -0.3 is 25.0 Å². The lowest BCUT2D eigenvalue weighted by Gasteiger charge is -2.22. The lowest BCUT2D eigenvalue weighted by molar-refractivity contribution is -0.123. The summed E-state index contributed by atoms with van der Waals surface area (Å²) in [5.41, 5.74) is 1.05. The molecule has 0 aromatic heterocycles. The summed E-state index contributed by atoms with van der Waals surface area (Å²) >= 11 is 0. The van der Waals surface area contributed by atoms with Crippen LogP contribution in [-0.4, -0.2) is 56.7 Å². The fraction of sp³-hybridized carbons (Fsp3) is 0.391. The predicted octanol–water partition coefficient (Wildman–Crippen LogP) is 2.43. The quantitative estimate of drug-likeness (QED) is 0.465. The molecule has 7 heteroatoms. The fourth-order valence-corrected chi connectivity index (χ4v) is 2.88. The Hall–Kier alpha value is -3.22. The number of guanidine groups is 1. The number of aliphatic imine (C=N–C) groups is 1. The van der Waals surface area contributed by atoms with Crippen LogP contribution in [0.1, 0.15) is 18.4 Å². The number of likely N-dealkylation sites (N-methyl/N-ethyl adjacent to an activating group) is 1. The SMILES string of the molecule is CN=C(NCc1cccc(OCC(=O)NC2CC2)c1)N(C)CCOc1ccccc1. The molecule has 0 radical (unpaired) electrons. The van der Waals surface area contributed by atoms with Gasteiger partial charge in [-0.1, -0.05) is 30.3 Å². The van der Waals surface area contributed by atoms with Crippen molar-refractivity contribution in [2.24, 2.45) is 4.99 Å². The molecule has 0 saturated heterocycles. The maximum atomic E-state index is 11.8. The number of hydrogen-bond acceptors (Lipinski definition) is 4. The Bertz CT molecular complexity index is 837. The van der Waals surface area contributed by atoms with E-state index in [2.05, 4.69) is 15.6 Å². The normalized spacial score (nSPS) is 13.5. The number of rotatable bonds is 10. The molecule has 1 saturated carbocycles. The summed E-state index contributed by atoms with van der Waals surface area (Å²) in [5, 5.41) is 6.26. The Labute approximate surface area is 178 Å². The van der Waals surface area contributed by atoms with Crippen molar-refractivity contribution in [2.45, 2.75) is 25.4 Å². The Balaban J connectivity index is 1.41. The number of hydrogen-bond donors (Lipinski definition) is 2. The second-order valence-corrected chi connectivity index (χ2v) is 7.26. The first-order chi connectivity index (χ1) is 14.6. The minimum absolute atomic E-state index is 0.0409. The van der Waals surface area contributed by atoms with E-state index in [1.807, 2.05) is 66.5 Å². The molecule has 0 spiro atoms. The highest BCUT2D eigenvalue weighted by molar-refractivity contribution is 5.79. The molecule has 3 rings (SSSR count). The second kappa shape index (κ2) is 11.1. The molecular formula is C23H30N4O3. The zero-order chi connectivity index (χ0) is 21.2. The smallest absolute Gasteiger partial charge is 0.258 e. The maximum absolute atomic E-state index is 11.8. The summed E-state index contributed by atoms with van der Waals surface area (Å²) < 4.78 is 11.4. The molecule has 160 valence electrons. The highest BCUT2D eigenvalue weighted by atomic mass is 16.5. The van der Waals surface area contributed by atoms with Crippen LogP contribution < -0.4 is 20.1 Å². The number of ether oxygens (including phenoxy) is 2. The highest BCUT2D eigenvalue weighted by Gasteiger charge is 2.23. The third kappa shape index (κ3) is 7.31. The topological polar surface area (TPSA) is 75.2 Å². The predicted molar refractivity (Wildman–Crippen MR) is 118 cm³/mol. The third-order valence-electron chi connectivity index (χ3n) is 4.67. The number of amides is 1. The molecule has 0 bridgehead atoms. The van der Waals surface area contributed by atoms with Gasteiger partial charge in [0.25, 0.3) is 5.91 Å². The molecule has 2 aromatic rings. The summed E-state index contributed by atoms with van der Waals surface area (Å²) in [5.74, 6) is 2.25. The molecule has 1 aliphatic rings. The third-order valence-corrected chi connectivity index (χ3v) is 4.67. The van der Waals surface area contributed by atoms with Crippen LogP contribution in [0.25, 0.3) is 0 Å². The van der Waals surface area contributed by atoms with Crippen molar-refractivity contribution < 1.29 is 14.3 Å². The van der Waals surface area contributed by atoms with Gasteiger partial charge in [-0.25, -0.2) is 0 Å². The van der Waals surface area contributed by atoms with Crippen LogP contribution >= 0.6 is 0 Å². The van der Waals surface area contributed by atoms with E-state index in [-0.39, 0.29) is 12.5 Å².